The van der Waals surface area contributed by atoms with Crippen molar-refractivity contribution in [2.24, 2.45) is 11.7 Å². The van der Waals surface area contributed by atoms with Crippen molar-refractivity contribution in [3.8, 4) is 0 Å². The van der Waals surface area contributed by atoms with Crippen molar-refractivity contribution >= 4 is 29.1 Å². The summed E-state index contributed by atoms with van der Waals surface area (Å²) in [5.41, 5.74) is 6.50. The number of rotatable bonds is 3. The molecular weight excluding hydrogens is 326 g/mol. The molecule has 5 nitrogen and oxygen atoms in total. The van der Waals surface area contributed by atoms with Crippen LogP contribution in [0.2, 0.25) is 5.02 Å². The summed E-state index contributed by atoms with van der Waals surface area (Å²) in [5.74, 6) is -0.432. The minimum absolute atomic E-state index is 0.0981. The van der Waals surface area contributed by atoms with Gasteiger partial charge < -0.3 is 16.0 Å². The third-order valence-corrected chi connectivity index (χ3v) is 5.56. The minimum atomic E-state index is -0.494. The predicted molar refractivity (Wildman–Crippen MR) is 94.9 cm³/mol. The van der Waals surface area contributed by atoms with E-state index in [2.05, 4.69) is 5.32 Å². The molecule has 2 fully saturated rings. The summed E-state index contributed by atoms with van der Waals surface area (Å²) in [6.07, 6.45) is 4.28. The SMILES string of the molecule is CC1(N)CCCCC1C(=O)NC1CCN(c2ccccc2Cl)C1=O. The zero-order valence-electron chi connectivity index (χ0n) is 13.9. The number of halogens is 1. The van der Waals surface area contributed by atoms with Gasteiger partial charge in [0.2, 0.25) is 11.8 Å². The van der Waals surface area contributed by atoms with Crippen LogP contribution in [-0.4, -0.2) is 29.9 Å². The van der Waals surface area contributed by atoms with Crippen molar-refractivity contribution in [2.45, 2.75) is 50.6 Å². The van der Waals surface area contributed by atoms with Gasteiger partial charge in [-0.3, -0.25) is 9.59 Å². The molecule has 1 aliphatic carbocycles. The first-order chi connectivity index (χ1) is 11.4. The molecule has 3 unspecified atom stereocenters. The van der Waals surface area contributed by atoms with Gasteiger partial charge in [-0.2, -0.15) is 0 Å². The highest BCUT2D eigenvalue weighted by atomic mass is 35.5. The van der Waals surface area contributed by atoms with E-state index in [-0.39, 0.29) is 17.7 Å². The lowest BCUT2D eigenvalue weighted by Crippen LogP contribution is -2.55. The molecule has 0 spiro atoms. The number of hydrogen-bond donors (Lipinski definition) is 2. The molecule has 6 heteroatoms. The van der Waals surface area contributed by atoms with Crippen molar-refractivity contribution in [1.82, 2.24) is 5.32 Å². The lowest BCUT2D eigenvalue weighted by molar-refractivity contribution is -0.131. The number of amides is 2. The van der Waals surface area contributed by atoms with Crippen LogP contribution in [-0.2, 0) is 9.59 Å². The molecule has 2 amide bonds. The van der Waals surface area contributed by atoms with E-state index < -0.39 is 11.6 Å². The number of benzene rings is 1. The normalized spacial score (nSPS) is 30.5. The standard InChI is InChI=1S/C18H24ClN3O2/c1-18(20)10-5-4-6-12(18)16(23)21-14-9-11-22(17(14)24)15-8-3-2-7-13(15)19/h2-3,7-8,12,14H,4-6,9-11,20H2,1H3,(H,21,23). The van der Waals surface area contributed by atoms with Crippen LogP contribution in [0.15, 0.2) is 24.3 Å². The van der Waals surface area contributed by atoms with Crippen molar-refractivity contribution in [3.63, 3.8) is 0 Å². The average Bonchev–Trinajstić information content (AvgIpc) is 2.88. The number of nitrogens with two attached hydrogens (primary N) is 1. The average molecular weight is 350 g/mol. The second kappa shape index (κ2) is 6.73. The largest absolute Gasteiger partial charge is 0.344 e. The van der Waals surface area contributed by atoms with Gasteiger partial charge >= 0.3 is 0 Å². The molecule has 0 bridgehead atoms. The first-order valence-corrected chi connectivity index (χ1v) is 8.93. The number of nitrogens with zero attached hydrogens (tertiary/aromatic N) is 1. The highest BCUT2D eigenvalue weighted by molar-refractivity contribution is 6.34. The van der Waals surface area contributed by atoms with E-state index in [4.69, 9.17) is 17.3 Å². The van der Waals surface area contributed by atoms with Gasteiger partial charge in [-0.25, -0.2) is 0 Å². The second-order valence-corrected chi connectivity index (χ2v) is 7.50. The Morgan fingerprint density at radius 1 is 1.33 bits per heavy atom. The number of hydrogen-bond acceptors (Lipinski definition) is 3. The maximum Gasteiger partial charge on any atom is 0.249 e. The van der Waals surface area contributed by atoms with E-state index >= 15 is 0 Å². The van der Waals surface area contributed by atoms with Gasteiger partial charge in [0.1, 0.15) is 6.04 Å². The molecule has 1 saturated heterocycles. The summed E-state index contributed by atoms with van der Waals surface area (Å²) >= 11 is 6.18. The highest BCUT2D eigenvalue weighted by Crippen LogP contribution is 2.33. The summed E-state index contributed by atoms with van der Waals surface area (Å²) in [4.78, 5) is 26.9. The Hall–Kier alpha value is -1.59. The van der Waals surface area contributed by atoms with E-state index in [0.29, 0.717) is 23.7 Å². The number of nitrogens with one attached hydrogen (secondary N) is 1. The molecule has 2 aliphatic rings. The first-order valence-electron chi connectivity index (χ1n) is 8.55. The van der Waals surface area contributed by atoms with Crippen LogP contribution >= 0.6 is 11.6 Å². The molecule has 24 heavy (non-hydrogen) atoms. The maximum absolute atomic E-state index is 12.7. The summed E-state index contributed by atoms with van der Waals surface area (Å²) in [6.45, 7) is 2.49. The van der Waals surface area contributed by atoms with E-state index in [0.717, 1.165) is 25.7 Å². The van der Waals surface area contributed by atoms with E-state index in [1.165, 1.54) is 0 Å². The van der Waals surface area contributed by atoms with Gasteiger partial charge in [0.25, 0.3) is 0 Å². The molecule has 3 N–H and O–H groups in total. The summed E-state index contributed by atoms with van der Waals surface area (Å²) in [7, 11) is 0. The number of para-hydroxylation sites is 1. The highest BCUT2D eigenvalue weighted by Gasteiger charge is 2.41. The zero-order chi connectivity index (χ0) is 17.3. The summed E-state index contributed by atoms with van der Waals surface area (Å²) < 4.78 is 0. The predicted octanol–water partition coefficient (Wildman–Crippen LogP) is 2.47. The van der Waals surface area contributed by atoms with Crippen molar-refractivity contribution < 1.29 is 9.59 Å². The molecule has 1 aromatic rings. The molecule has 1 saturated carbocycles. The van der Waals surface area contributed by atoms with Gasteiger partial charge in [0, 0.05) is 12.1 Å². The molecule has 1 aromatic carbocycles. The fourth-order valence-corrected chi connectivity index (χ4v) is 4.02. The fraction of sp³-hybridized carbons (Fsp3) is 0.556. The first kappa shape index (κ1) is 17.2. The van der Waals surface area contributed by atoms with E-state index in [9.17, 15) is 9.59 Å². The van der Waals surface area contributed by atoms with Gasteiger partial charge in [0.05, 0.1) is 16.6 Å². The molecule has 3 atom stereocenters. The lowest BCUT2D eigenvalue weighted by Gasteiger charge is -2.37. The Kier molecular flexibility index (Phi) is 4.83. The fourth-order valence-electron chi connectivity index (χ4n) is 3.78. The maximum atomic E-state index is 12.7. The second-order valence-electron chi connectivity index (χ2n) is 7.10. The Morgan fingerprint density at radius 3 is 2.79 bits per heavy atom. The van der Waals surface area contributed by atoms with Crippen LogP contribution in [0.4, 0.5) is 5.69 Å². The lowest BCUT2D eigenvalue weighted by atomic mass is 9.74. The van der Waals surface area contributed by atoms with Crippen LogP contribution in [0.3, 0.4) is 0 Å². The third kappa shape index (κ3) is 3.28. The van der Waals surface area contributed by atoms with E-state index in [1.807, 2.05) is 25.1 Å². The van der Waals surface area contributed by atoms with Crippen LogP contribution in [0, 0.1) is 5.92 Å². The van der Waals surface area contributed by atoms with Crippen molar-refractivity contribution in [3.05, 3.63) is 29.3 Å². The smallest absolute Gasteiger partial charge is 0.249 e. The number of carbonyl (C=O) groups is 2. The number of anilines is 1. The van der Waals surface area contributed by atoms with Gasteiger partial charge in [-0.1, -0.05) is 36.6 Å². The van der Waals surface area contributed by atoms with Gasteiger partial charge in [-0.05, 0) is 38.3 Å². The molecule has 0 radical (unpaired) electrons. The molecule has 130 valence electrons. The summed E-state index contributed by atoms with van der Waals surface area (Å²) in [6, 6.07) is 6.77. The quantitative estimate of drug-likeness (QED) is 0.880. The molecule has 0 aromatic heterocycles. The monoisotopic (exact) mass is 349 g/mol. The van der Waals surface area contributed by atoms with Crippen LogP contribution in [0.5, 0.6) is 0 Å². The van der Waals surface area contributed by atoms with Gasteiger partial charge in [-0.15, -0.1) is 0 Å². The summed E-state index contributed by atoms with van der Waals surface area (Å²) in [5, 5.41) is 3.46. The molecule has 1 aliphatic heterocycles. The topological polar surface area (TPSA) is 75.4 Å². The molecule has 1 heterocycles. The van der Waals surface area contributed by atoms with Crippen LogP contribution in [0.1, 0.15) is 39.0 Å². The minimum Gasteiger partial charge on any atom is -0.344 e. The van der Waals surface area contributed by atoms with E-state index in [1.54, 1.807) is 11.0 Å². The Morgan fingerprint density at radius 2 is 2.08 bits per heavy atom. The Balaban J connectivity index is 1.68. The zero-order valence-corrected chi connectivity index (χ0v) is 14.7. The molecular formula is C18H24ClN3O2. The van der Waals surface area contributed by atoms with Gasteiger partial charge in [0.15, 0.2) is 0 Å². The van der Waals surface area contributed by atoms with Crippen LogP contribution in [0.25, 0.3) is 0 Å². The van der Waals surface area contributed by atoms with Crippen molar-refractivity contribution in [1.29, 1.82) is 0 Å². The van der Waals surface area contributed by atoms with Crippen LogP contribution < -0.4 is 16.0 Å². The Bertz CT molecular complexity index is 647. The third-order valence-electron chi connectivity index (χ3n) is 5.24. The van der Waals surface area contributed by atoms with Crippen molar-refractivity contribution in [2.75, 3.05) is 11.4 Å². The number of carbonyl (C=O) groups excluding carboxylic acids is 2. The molecule has 3 rings (SSSR count). The Labute approximate surface area is 147 Å².